The molecule has 2 aliphatic rings. The summed E-state index contributed by atoms with van der Waals surface area (Å²) < 4.78 is 18.4. The summed E-state index contributed by atoms with van der Waals surface area (Å²) >= 11 is 1.90. The van der Waals surface area contributed by atoms with Crippen molar-refractivity contribution in [1.82, 2.24) is 0 Å². The van der Waals surface area contributed by atoms with Crippen molar-refractivity contribution in [2.24, 2.45) is 11.8 Å². The summed E-state index contributed by atoms with van der Waals surface area (Å²) in [7, 11) is 0. The first-order chi connectivity index (χ1) is 13.9. The first-order valence-corrected chi connectivity index (χ1v) is 11.2. The van der Waals surface area contributed by atoms with Crippen molar-refractivity contribution in [3.8, 4) is 5.75 Å². The topological polar surface area (TPSA) is 87.0 Å². The first kappa shape index (κ1) is 22.1. The van der Waals surface area contributed by atoms with E-state index in [-0.39, 0.29) is 24.8 Å². The van der Waals surface area contributed by atoms with Crippen molar-refractivity contribution in [3.05, 3.63) is 42.2 Å². The monoisotopic (exact) mass is 424 g/mol. The Kier molecular flexibility index (Phi) is 7.98. The molecular formula is C22H29FO5S. The van der Waals surface area contributed by atoms with E-state index in [4.69, 9.17) is 9.84 Å². The molecule has 7 heteroatoms. The molecule has 2 fully saturated rings. The Balaban J connectivity index is 1.46. The highest BCUT2D eigenvalue weighted by atomic mass is 32.2. The molecule has 29 heavy (non-hydrogen) atoms. The second-order valence-electron chi connectivity index (χ2n) is 7.92. The van der Waals surface area contributed by atoms with Crippen LogP contribution >= 0.6 is 11.8 Å². The lowest BCUT2D eigenvalue weighted by molar-refractivity contribution is -0.137. The van der Waals surface area contributed by atoms with Crippen LogP contribution in [0.15, 0.2) is 36.4 Å². The quantitative estimate of drug-likeness (QED) is 0.525. The zero-order chi connectivity index (χ0) is 20.8. The van der Waals surface area contributed by atoms with Crippen LogP contribution in [0.5, 0.6) is 5.75 Å². The van der Waals surface area contributed by atoms with E-state index >= 15 is 0 Å². The van der Waals surface area contributed by atoms with E-state index in [0.29, 0.717) is 28.6 Å². The Morgan fingerprint density at radius 1 is 1.31 bits per heavy atom. The van der Waals surface area contributed by atoms with Gasteiger partial charge in [-0.25, -0.2) is 4.39 Å². The second-order valence-corrected chi connectivity index (χ2v) is 9.47. The predicted molar refractivity (Wildman–Crippen MR) is 111 cm³/mol. The summed E-state index contributed by atoms with van der Waals surface area (Å²) in [5.74, 6) is -0.179. The standard InChI is InChI=1S/C22H29FO5S/c23-14-4-7-16(8-5-14)28-13-15(24)6-10-18-19-11-9-17(2-1-3-22(26)27)29-21(19)12-20(18)25/h4-8,10,15,17-21,24-25H,1-3,9,11-13H2,(H,26,27)/t15-,17+,18-,19-,20-,21+/m1/s1. The van der Waals surface area contributed by atoms with Crippen LogP contribution in [0.2, 0.25) is 0 Å². The number of benzene rings is 1. The van der Waals surface area contributed by atoms with Gasteiger partial charge in [0, 0.05) is 22.8 Å². The average molecular weight is 425 g/mol. The fourth-order valence-corrected chi connectivity index (χ4v) is 6.22. The molecule has 160 valence electrons. The second kappa shape index (κ2) is 10.5. The smallest absolute Gasteiger partial charge is 0.303 e. The summed E-state index contributed by atoms with van der Waals surface area (Å²) in [6, 6.07) is 5.65. The van der Waals surface area contributed by atoms with Gasteiger partial charge in [0.25, 0.3) is 0 Å². The van der Waals surface area contributed by atoms with Crippen molar-refractivity contribution in [1.29, 1.82) is 0 Å². The number of thioether (sulfide) groups is 1. The number of fused-ring (bicyclic) bond motifs is 1. The predicted octanol–water partition coefficient (Wildman–Crippen LogP) is 3.64. The molecule has 0 unspecified atom stereocenters. The van der Waals surface area contributed by atoms with Crippen molar-refractivity contribution < 1.29 is 29.2 Å². The molecule has 0 bridgehead atoms. The van der Waals surface area contributed by atoms with E-state index in [1.54, 1.807) is 6.08 Å². The first-order valence-electron chi connectivity index (χ1n) is 10.2. The molecule has 0 amide bonds. The third-order valence-corrected chi connectivity index (χ3v) is 7.53. The molecule has 3 N–H and O–H groups in total. The Morgan fingerprint density at radius 3 is 2.79 bits per heavy atom. The van der Waals surface area contributed by atoms with Gasteiger partial charge in [0.1, 0.15) is 24.3 Å². The van der Waals surface area contributed by atoms with E-state index in [0.717, 1.165) is 25.7 Å². The number of aliphatic carboxylic acids is 1. The van der Waals surface area contributed by atoms with Crippen LogP contribution in [0.25, 0.3) is 0 Å². The number of rotatable bonds is 9. The molecule has 0 radical (unpaired) electrons. The Bertz CT molecular complexity index is 695. The molecular weight excluding hydrogens is 395 g/mol. The van der Waals surface area contributed by atoms with E-state index < -0.39 is 18.2 Å². The van der Waals surface area contributed by atoms with Gasteiger partial charge < -0.3 is 20.1 Å². The largest absolute Gasteiger partial charge is 0.491 e. The number of carboxylic acid groups (broad SMARTS) is 1. The van der Waals surface area contributed by atoms with Gasteiger partial charge in [0.05, 0.1) is 6.10 Å². The van der Waals surface area contributed by atoms with Crippen molar-refractivity contribution in [2.75, 3.05) is 6.61 Å². The van der Waals surface area contributed by atoms with Crippen LogP contribution in [0.4, 0.5) is 4.39 Å². The average Bonchev–Trinajstić information content (AvgIpc) is 3.00. The van der Waals surface area contributed by atoms with Crippen molar-refractivity contribution in [3.63, 3.8) is 0 Å². The number of aliphatic hydroxyl groups excluding tert-OH is 2. The molecule has 1 aromatic rings. The Labute approximate surface area is 175 Å². The minimum absolute atomic E-state index is 0.0212. The maximum atomic E-state index is 12.9. The molecule has 1 aliphatic heterocycles. The van der Waals surface area contributed by atoms with Crippen molar-refractivity contribution >= 4 is 17.7 Å². The van der Waals surface area contributed by atoms with Gasteiger partial charge in [-0.2, -0.15) is 11.8 Å². The normalized spacial score (nSPS) is 30.2. The van der Waals surface area contributed by atoms with Gasteiger partial charge in [-0.05, 0) is 62.3 Å². The third-order valence-electron chi connectivity index (χ3n) is 5.79. The number of hydrogen-bond acceptors (Lipinski definition) is 5. The number of ether oxygens (including phenoxy) is 1. The number of halogens is 1. The van der Waals surface area contributed by atoms with E-state index in [1.165, 1.54) is 24.3 Å². The fraction of sp³-hybridized carbons (Fsp3) is 0.591. The van der Waals surface area contributed by atoms with Gasteiger partial charge in [-0.3, -0.25) is 4.79 Å². The molecule has 1 aliphatic carbocycles. The van der Waals surface area contributed by atoms with E-state index in [1.807, 2.05) is 17.8 Å². The Morgan fingerprint density at radius 2 is 2.07 bits per heavy atom. The summed E-state index contributed by atoms with van der Waals surface area (Å²) in [5.41, 5.74) is 0. The fourth-order valence-electron chi connectivity index (χ4n) is 4.32. The SMILES string of the molecule is O=C(O)CCC[C@H]1CC[C@@H]2[C@@H](C=C[C@@H](O)COc3ccc(F)cc3)[C@H](O)C[C@@H]2S1. The molecule has 0 spiro atoms. The molecule has 3 rings (SSSR count). The van der Waals surface area contributed by atoms with Gasteiger partial charge in [0.2, 0.25) is 0 Å². The number of carbonyl (C=O) groups is 1. The van der Waals surface area contributed by atoms with Gasteiger partial charge in [0.15, 0.2) is 0 Å². The highest BCUT2D eigenvalue weighted by Gasteiger charge is 2.44. The zero-order valence-corrected chi connectivity index (χ0v) is 17.1. The minimum Gasteiger partial charge on any atom is -0.491 e. The summed E-state index contributed by atoms with van der Waals surface area (Å²) in [6.45, 7) is 0.0689. The highest BCUT2D eigenvalue weighted by Crippen LogP contribution is 2.49. The lowest BCUT2D eigenvalue weighted by atomic mass is 9.88. The molecule has 6 atom stereocenters. The summed E-state index contributed by atoms with van der Waals surface area (Å²) in [6.07, 6.45) is 7.01. The maximum absolute atomic E-state index is 12.9. The molecule has 5 nitrogen and oxygen atoms in total. The zero-order valence-electron chi connectivity index (χ0n) is 16.3. The number of aliphatic hydroxyl groups is 2. The maximum Gasteiger partial charge on any atom is 0.303 e. The summed E-state index contributed by atoms with van der Waals surface area (Å²) in [5, 5.41) is 30.3. The lowest BCUT2D eigenvalue weighted by Crippen LogP contribution is -2.27. The molecule has 1 saturated carbocycles. The van der Waals surface area contributed by atoms with E-state index in [2.05, 4.69) is 0 Å². The third kappa shape index (κ3) is 6.46. The lowest BCUT2D eigenvalue weighted by Gasteiger charge is -2.33. The Hall–Kier alpha value is -1.57. The van der Waals surface area contributed by atoms with Crippen molar-refractivity contribution in [2.45, 2.75) is 61.2 Å². The highest BCUT2D eigenvalue weighted by molar-refractivity contribution is 8.00. The molecule has 1 aromatic carbocycles. The van der Waals surface area contributed by atoms with Crippen LogP contribution in [-0.4, -0.2) is 50.6 Å². The van der Waals surface area contributed by atoms with Crippen LogP contribution in [0.1, 0.15) is 38.5 Å². The van der Waals surface area contributed by atoms with Crippen LogP contribution in [0.3, 0.4) is 0 Å². The molecule has 1 saturated heterocycles. The van der Waals surface area contributed by atoms with Crippen LogP contribution < -0.4 is 4.74 Å². The van der Waals surface area contributed by atoms with Gasteiger partial charge >= 0.3 is 5.97 Å². The van der Waals surface area contributed by atoms with Gasteiger partial charge in [-0.1, -0.05) is 12.2 Å². The summed E-state index contributed by atoms with van der Waals surface area (Å²) in [4.78, 5) is 10.7. The van der Waals surface area contributed by atoms with Gasteiger partial charge in [-0.15, -0.1) is 0 Å². The molecule has 1 heterocycles. The minimum atomic E-state index is -0.800. The number of hydrogen-bond donors (Lipinski definition) is 3. The number of carboxylic acids is 1. The molecule has 0 aromatic heterocycles. The van der Waals surface area contributed by atoms with Crippen LogP contribution in [0, 0.1) is 17.7 Å². The van der Waals surface area contributed by atoms with Crippen LogP contribution in [-0.2, 0) is 4.79 Å². The van der Waals surface area contributed by atoms with E-state index in [9.17, 15) is 19.4 Å².